The number of para-hydroxylation sites is 1. The van der Waals surface area contributed by atoms with Crippen LogP contribution >= 0.6 is 0 Å². The first-order valence-corrected chi connectivity index (χ1v) is 4.65. The quantitative estimate of drug-likeness (QED) is 0.745. The van der Waals surface area contributed by atoms with Crippen LogP contribution in [0.4, 0.5) is 0 Å². The van der Waals surface area contributed by atoms with Crippen LogP contribution in [0.3, 0.4) is 0 Å². The van der Waals surface area contributed by atoms with Crippen LogP contribution in [0.5, 0.6) is 5.75 Å². The van der Waals surface area contributed by atoms with Gasteiger partial charge in [0.15, 0.2) is 0 Å². The first-order chi connectivity index (χ1) is 6.33. The van der Waals surface area contributed by atoms with Crippen LogP contribution in [0.1, 0.15) is 6.92 Å². The van der Waals surface area contributed by atoms with Gasteiger partial charge in [0.2, 0.25) is 0 Å². The average Bonchev–Trinajstić information content (AvgIpc) is 2.17. The van der Waals surface area contributed by atoms with E-state index in [0.717, 1.165) is 18.9 Å². The number of hydrogen-bond donors (Lipinski definition) is 1. The molecule has 0 spiro atoms. The molecular formula is C11H17NO. The topological polar surface area (TPSA) is 21.3 Å². The zero-order chi connectivity index (χ0) is 9.52. The second-order valence-electron chi connectivity index (χ2n) is 3.29. The summed E-state index contributed by atoms with van der Waals surface area (Å²) >= 11 is 0. The molecule has 0 bridgehead atoms. The van der Waals surface area contributed by atoms with E-state index in [0.29, 0.717) is 5.92 Å². The molecule has 13 heavy (non-hydrogen) atoms. The Morgan fingerprint density at radius 1 is 1.31 bits per heavy atom. The molecule has 1 aromatic carbocycles. The van der Waals surface area contributed by atoms with Crippen LogP contribution in [-0.4, -0.2) is 20.2 Å². The van der Waals surface area contributed by atoms with Gasteiger partial charge in [-0.25, -0.2) is 0 Å². The molecule has 1 aromatic rings. The standard InChI is InChI=1S/C11H17NO/c1-10(8-12-2)9-13-11-6-4-3-5-7-11/h3-7,10,12H,8-9H2,1-2H3. The van der Waals surface area contributed by atoms with E-state index in [9.17, 15) is 0 Å². The zero-order valence-corrected chi connectivity index (χ0v) is 8.29. The Hall–Kier alpha value is -1.02. The van der Waals surface area contributed by atoms with E-state index < -0.39 is 0 Å². The summed E-state index contributed by atoms with van der Waals surface area (Å²) in [6.45, 7) is 3.93. The minimum Gasteiger partial charge on any atom is -0.493 e. The summed E-state index contributed by atoms with van der Waals surface area (Å²) in [4.78, 5) is 0. The smallest absolute Gasteiger partial charge is 0.119 e. The first kappa shape index (κ1) is 10.1. The van der Waals surface area contributed by atoms with Crippen LogP contribution in [-0.2, 0) is 0 Å². The highest BCUT2D eigenvalue weighted by Gasteiger charge is 2.00. The normalized spacial score (nSPS) is 12.5. The predicted molar refractivity (Wildman–Crippen MR) is 55.0 cm³/mol. The first-order valence-electron chi connectivity index (χ1n) is 4.65. The highest BCUT2D eigenvalue weighted by molar-refractivity contribution is 5.20. The maximum absolute atomic E-state index is 5.58. The molecule has 0 aromatic heterocycles. The lowest BCUT2D eigenvalue weighted by molar-refractivity contribution is 0.258. The highest BCUT2D eigenvalue weighted by Crippen LogP contribution is 2.09. The third kappa shape index (κ3) is 3.95. The maximum Gasteiger partial charge on any atom is 0.119 e. The number of benzene rings is 1. The number of nitrogens with one attached hydrogen (secondary N) is 1. The summed E-state index contributed by atoms with van der Waals surface area (Å²) in [5, 5.41) is 3.12. The van der Waals surface area contributed by atoms with Crippen molar-refractivity contribution in [1.82, 2.24) is 5.32 Å². The minimum absolute atomic E-state index is 0.546. The Balaban J connectivity index is 2.27. The third-order valence-corrected chi connectivity index (χ3v) is 1.83. The highest BCUT2D eigenvalue weighted by atomic mass is 16.5. The molecule has 0 heterocycles. The second kappa shape index (κ2) is 5.60. The van der Waals surface area contributed by atoms with Crippen molar-refractivity contribution < 1.29 is 4.74 Å². The molecule has 0 fully saturated rings. The van der Waals surface area contributed by atoms with Crippen molar-refractivity contribution >= 4 is 0 Å². The van der Waals surface area contributed by atoms with Gasteiger partial charge in [-0.3, -0.25) is 0 Å². The summed E-state index contributed by atoms with van der Waals surface area (Å²) in [7, 11) is 1.96. The number of rotatable bonds is 5. The van der Waals surface area contributed by atoms with Gasteiger partial charge in [0.1, 0.15) is 5.75 Å². The zero-order valence-electron chi connectivity index (χ0n) is 8.29. The van der Waals surface area contributed by atoms with Crippen LogP contribution in [0.25, 0.3) is 0 Å². The fraction of sp³-hybridized carbons (Fsp3) is 0.455. The molecule has 0 amide bonds. The van der Waals surface area contributed by atoms with Crippen LogP contribution in [0.2, 0.25) is 0 Å². The van der Waals surface area contributed by atoms with Crippen molar-refractivity contribution in [1.29, 1.82) is 0 Å². The molecule has 0 aliphatic heterocycles. The van der Waals surface area contributed by atoms with Crippen molar-refractivity contribution in [3.8, 4) is 5.75 Å². The molecule has 1 N–H and O–H groups in total. The van der Waals surface area contributed by atoms with E-state index >= 15 is 0 Å². The second-order valence-corrected chi connectivity index (χ2v) is 3.29. The third-order valence-electron chi connectivity index (χ3n) is 1.83. The largest absolute Gasteiger partial charge is 0.493 e. The predicted octanol–water partition coefficient (Wildman–Crippen LogP) is 1.92. The van der Waals surface area contributed by atoms with Crippen molar-refractivity contribution in [2.75, 3.05) is 20.2 Å². The molecular weight excluding hydrogens is 162 g/mol. The van der Waals surface area contributed by atoms with E-state index in [4.69, 9.17) is 4.74 Å². The summed E-state index contributed by atoms with van der Waals surface area (Å²) in [5.74, 6) is 1.50. The molecule has 72 valence electrons. The molecule has 2 heteroatoms. The Morgan fingerprint density at radius 3 is 2.62 bits per heavy atom. The lowest BCUT2D eigenvalue weighted by Crippen LogP contribution is -2.21. The molecule has 1 unspecified atom stereocenters. The summed E-state index contributed by atoms with van der Waals surface area (Å²) in [5.41, 5.74) is 0. The van der Waals surface area contributed by atoms with Gasteiger partial charge in [0, 0.05) is 12.5 Å². The molecule has 1 rings (SSSR count). The summed E-state index contributed by atoms with van der Waals surface area (Å²) < 4.78 is 5.58. The molecule has 1 atom stereocenters. The van der Waals surface area contributed by atoms with E-state index in [1.165, 1.54) is 0 Å². The monoisotopic (exact) mass is 179 g/mol. The number of hydrogen-bond acceptors (Lipinski definition) is 2. The van der Waals surface area contributed by atoms with Gasteiger partial charge in [-0.2, -0.15) is 0 Å². The molecule has 0 aliphatic carbocycles. The van der Waals surface area contributed by atoms with Gasteiger partial charge < -0.3 is 10.1 Å². The van der Waals surface area contributed by atoms with Crippen molar-refractivity contribution in [3.63, 3.8) is 0 Å². The minimum atomic E-state index is 0.546. The van der Waals surface area contributed by atoms with Gasteiger partial charge in [0.25, 0.3) is 0 Å². The molecule has 0 radical (unpaired) electrons. The van der Waals surface area contributed by atoms with E-state index in [1.54, 1.807) is 0 Å². The molecule has 0 aliphatic rings. The molecule has 0 saturated heterocycles. The summed E-state index contributed by atoms with van der Waals surface area (Å²) in [6.07, 6.45) is 0. The Morgan fingerprint density at radius 2 is 2.00 bits per heavy atom. The van der Waals surface area contributed by atoms with Crippen molar-refractivity contribution in [2.45, 2.75) is 6.92 Å². The lowest BCUT2D eigenvalue weighted by Gasteiger charge is -2.11. The molecule has 2 nitrogen and oxygen atoms in total. The fourth-order valence-corrected chi connectivity index (χ4v) is 1.16. The SMILES string of the molecule is CNCC(C)COc1ccccc1. The number of ether oxygens (including phenoxy) is 1. The molecule has 0 saturated carbocycles. The van der Waals surface area contributed by atoms with E-state index in [1.807, 2.05) is 37.4 Å². The van der Waals surface area contributed by atoms with E-state index in [-0.39, 0.29) is 0 Å². The summed E-state index contributed by atoms with van der Waals surface area (Å²) in [6, 6.07) is 9.91. The van der Waals surface area contributed by atoms with Gasteiger partial charge in [-0.1, -0.05) is 25.1 Å². The van der Waals surface area contributed by atoms with Gasteiger partial charge in [-0.15, -0.1) is 0 Å². The lowest BCUT2D eigenvalue weighted by atomic mass is 10.2. The fourth-order valence-electron chi connectivity index (χ4n) is 1.16. The average molecular weight is 179 g/mol. The Kier molecular flexibility index (Phi) is 4.33. The Labute approximate surface area is 79.9 Å². The van der Waals surface area contributed by atoms with Gasteiger partial charge in [0.05, 0.1) is 6.61 Å². The van der Waals surface area contributed by atoms with Crippen LogP contribution < -0.4 is 10.1 Å². The van der Waals surface area contributed by atoms with Gasteiger partial charge in [-0.05, 0) is 19.2 Å². The van der Waals surface area contributed by atoms with Crippen molar-refractivity contribution in [2.24, 2.45) is 5.92 Å². The van der Waals surface area contributed by atoms with Crippen molar-refractivity contribution in [3.05, 3.63) is 30.3 Å². The van der Waals surface area contributed by atoms with E-state index in [2.05, 4.69) is 12.2 Å². The Bertz CT molecular complexity index is 223. The van der Waals surface area contributed by atoms with Crippen LogP contribution in [0, 0.1) is 5.92 Å². The van der Waals surface area contributed by atoms with Crippen LogP contribution in [0.15, 0.2) is 30.3 Å². The van der Waals surface area contributed by atoms with Gasteiger partial charge >= 0.3 is 0 Å². The maximum atomic E-state index is 5.58.